The lowest BCUT2D eigenvalue weighted by molar-refractivity contribution is 0.0734. The average Bonchev–Trinajstić information content (AvgIpc) is 2.90. The van der Waals surface area contributed by atoms with E-state index in [1.54, 1.807) is 24.3 Å². The average molecular weight is 489 g/mol. The van der Waals surface area contributed by atoms with Gasteiger partial charge in [-0.15, -0.1) is 0 Å². The predicted molar refractivity (Wildman–Crippen MR) is 147 cm³/mol. The molecule has 0 radical (unpaired) electrons. The number of hydrogen-bond acceptors (Lipinski definition) is 4. The van der Waals surface area contributed by atoms with Crippen LogP contribution in [-0.2, 0) is 0 Å². The van der Waals surface area contributed by atoms with E-state index in [1.807, 2.05) is 36.4 Å². The molecule has 0 aliphatic rings. The van der Waals surface area contributed by atoms with Crippen molar-refractivity contribution in [1.82, 2.24) is 0 Å². The third kappa shape index (κ3) is 9.07. The number of ether oxygens (including phenoxy) is 3. The van der Waals surface area contributed by atoms with Crippen LogP contribution >= 0.6 is 0 Å². The van der Waals surface area contributed by atoms with Crippen molar-refractivity contribution in [2.24, 2.45) is 0 Å². The van der Waals surface area contributed by atoms with Crippen molar-refractivity contribution >= 4 is 5.97 Å². The van der Waals surface area contributed by atoms with Crippen LogP contribution in [0.4, 0.5) is 0 Å². The van der Waals surface area contributed by atoms with Crippen LogP contribution in [-0.4, -0.2) is 18.7 Å². The lowest BCUT2D eigenvalue weighted by atomic mass is 10.0. The van der Waals surface area contributed by atoms with Gasteiger partial charge in [0.1, 0.15) is 17.2 Å². The zero-order valence-electron chi connectivity index (χ0n) is 22.0. The Morgan fingerprint density at radius 2 is 1.22 bits per heavy atom. The van der Waals surface area contributed by atoms with Crippen LogP contribution in [0.1, 0.15) is 82.5 Å². The Morgan fingerprint density at radius 3 is 1.86 bits per heavy atom. The minimum absolute atomic E-state index is 0.215. The standard InChI is InChI=1S/C32H40O4/c1-4-6-8-9-11-25(3)35-30-18-16-27(17-19-30)26-12-14-28(15-13-26)32(33)36-31-22-20-29(21-23-31)34-24-10-7-5-2/h12-23,25H,4-11,24H2,1-3H3/t25-/m1/s1. The van der Waals surface area contributed by atoms with Gasteiger partial charge in [-0.25, -0.2) is 4.79 Å². The Balaban J connectivity index is 1.49. The summed E-state index contributed by atoms with van der Waals surface area (Å²) in [7, 11) is 0. The number of carbonyl (C=O) groups is 1. The number of unbranched alkanes of at least 4 members (excludes halogenated alkanes) is 5. The normalized spacial score (nSPS) is 11.6. The smallest absolute Gasteiger partial charge is 0.343 e. The summed E-state index contributed by atoms with van der Waals surface area (Å²) < 4.78 is 17.3. The maximum atomic E-state index is 12.6. The summed E-state index contributed by atoms with van der Waals surface area (Å²) in [6.45, 7) is 7.23. The van der Waals surface area contributed by atoms with E-state index in [9.17, 15) is 4.79 Å². The van der Waals surface area contributed by atoms with Crippen LogP contribution < -0.4 is 14.2 Å². The maximum absolute atomic E-state index is 12.6. The summed E-state index contributed by atoms with van der Waals surface area (Å²) in [5.41, 5.74) is 2.62. The molecule has 0 N–H and O–H groups in total. The van der Waals surface area contributed by atoms with Crippen molar-refractivity contribution in [2.75, 3.05) is 6.61 Å². The fourth-order valence-electron chi connectivity index (χ4n) is 3.99. The van der Waals surface area contributed by atoms with Crippen molar-refractivity contribution < 1.29 is 19.0 Å². The summed E-state index contributed by atoms with van der Waals surface area (Å²) in [5.74, 6) is 1.79. The molecule has 36 heavy (non-hydrogen) atoms. The van der Waals surface area contributed by atoms with E-state index in [0.717, 1.165) is 41.9 Å². The molecule has 3 aromatic rings. The molecule has 4 heteroatoms. The van der Waals surface area contributed by atoms with Crippen LogP contribution in [0.5, 0.6) is 17.2 Å². The fraction of sp³-hybridized carbons (Fsp3) is 0.406. The highest BCUT2D eigenvalue weighted by atomic mass is 16.5. The molecule has 0 saturated heterocycles. The van der Waals surface area contributed by atoms with Gasteiger partial charge < -0.3 is 14.2 Å². The van der Waals surface area contributed by atoms with Crippen LogP contribution in [0.15, 0.2) is 72.8 Å². The molecule has 3 aromatic carbocycles. The summed E-state index contributed by atoms with van der Waals surface area (Å²) >= 11 is 0. The molecule has 4 nitrogen and oxygen atoms in total. The van der Waals surface area contributed by atoms with E-state index in [-0.39, 0.29) is 12.1 Å². The maximum Gasteiger partial charge on any atom is 0.343 e. The van der Waals surface area contributed by atoms with Gasteiger partial charge in [0.05, 0.1) is 18.3 Å². The van der Waals surface area contributed by atoms with Crippen molar-refractivity contribution in [3.63, 3.8) is 0 Å². The van der Waals surface area contributed by atoms with Crippen LogP contribution in [0.3, 0.4) is 0 Å². The van der Waals surface area contributed by atoms with Gasteiger partial charge >= 0.3 is 5.97 Å². The number of rotatable bonds is 15. The minimum atomic E-state index is -0.380. The number of esters is 1. The molecular weight excluding hydrogens is 448 g/mol. The van der Waals surface area contributed by atoms with Crippen molar-refractivity contribution in [3.05, 3.63) is 78.4 Å². The zero-order chi connectivity index (χ0) is 25.6. The van der Waals surface area contributed by atoms with Crippen molar-refractivity contribution in [1.29, 1.82) is 0 Å². The van der Waals surface area contributed by atoms with Crippen LogP contribution in [0, 0.1) is 0 Å². The number of hydrogen-bond donors (Lipinski definition) is 0. The van der Waals surface area contributed by atoms with Crippen LogP contribution in [0.25, 0.3) is 11.1 Å². The Bertz CT molecular complexity index is 1020. The van der Waals surface area contributed by atoms with E-state index in [0.29, 0.717) is 17.9 Å². The highest BCUT2D eigenvalue weighted by molar-refractivity contribution is 5.91. The quantitative estimate of drug-likeness (QED) is 0.122. The molecule has 0 aromatic heterocycles. The fourth-order valence-corrected chi connectivity index (χ4v) is 3.99. The molecule has 0 heterocycles. The van der Waals surface area contributed by atoms with Crippen LogP contribution in [0.2, 0.25) is 0 Å². The molecule has 0 aliphatic carbocycles. The molecule has 1 atom stereocenters. The van der Waals surface area contributed by atoms with Gasteiger partial charge in [0.25, 0.3) is 0 Å². The summed E-state index contributed by atoms with van der Waals surface area (Å²) in [4.78, 5) is 12.6. The van der Waals surface area contributed by atoms with E-state index in [2.05, 4.69) is 32.9 Å². The van der Waals surface area contributed by atoms with Gasteiger partial charge in [0.2, 0.25) is 0 Å². The molecule has 3 rings (SSSR count). The van der Waals surface area contributed by atoms with Crippen molar-refractivity contribution in [2.45, 2.75) is 78.2 Å². The van der Waals surface area contributed by atoms with E-state index in [1.165, 1.54) is 32.1 Å². The number of benzene rings is 3. The minimum Gasteiger partial charge on any atom is -0.494 e. The third-order valence-electron chi connectivity index (χ3n) is 6.16. The summed E-state index contributed by atoms with van der Waals surface area (Å²) in [5, 5.41) is 0. The first-order chi connectivity index (χ1) is 17.6. The van der Waals surface area contributed by atoms with Gasteiger partial charge in [0, 0.05) is 0 Å². The second-order valence-corrected chi connectivity index (χ2v) is 9.30. The molecule has 0 fully saturated rings. The molecule has 0 saturated carbocycles. The summed E-state index contributed by atoms with van der Waals surface area (Å²) in [6.07, 6.45) is 9.68. The van der Waals surface area contributed by atoms with Gasteiger partial charge in [-0.1, -0.05) is 70.2 Å². The second-order valence-electron chi connectivity index (χ2n) is 9.30. The molecule has 0 bridgehead atoms. The molecule has 192 valence electrons. The van der Waals surface area contributed by atoms with E-state index < -0.39 is 0 Å². The second kappa shape index (κ2) is 15.0. The van der Waals surface area contributed by atoms with Crippen molar-refractivity contribution in [3.8, 4) is 28.4 Å². The van der Waals surface area contributed by atoms with Gasteiger partial charge in [-0.2, -0.15) is 0 Å². The lowest BCUT2D eigenvalue weighted by Crippen LogP contribution is -2.11. The first-order valence-corrected chi connectivity index (χ1v) is 13.4. The van der Waals surface area contributed by atoms with E-state index in [4.69, 9.17) is 14.2 Å². The number of carbonyl (C=O) groups excluding carboxylic acids is 1. The molecule has 0 aliphatic heterocycles. The molecule has 0 spiro atoms. The van der Waals surface area contributed by atoms with Gasteiger partial charge in [-0.05, 0) is 85.8 Å². The molecule has 0 amide bonds. The monoisotopic (exact) mass is 488 g/mol. The Morgan fingerprint density at radius 1 is 0.667 bits per heavy atom. The van der Waals surface area contributed by atoms with Gasteiger partial charge in [-0.3, -0.25) is 0 Å². The first-order valence-electron chi connectivity index (χ1n) is 13.4. The Kier molecular flexibility index (Phi) is 11.4. The largest absolute Gasteiger partial charge is 0.494 e. The first kappa shape index (κ1) is 27.3. The zero-order valence-corrected chi connectivity index (χ0v) is 22.0. The topological polar surface area (TPSA) is 44.8 Å². The molecular formula is C32H40O4. The highest BCUT2D eigenvalue weighted by Crippen LogP contribution is 2.25. The Labute approximate surface area is 216 Å². The summed E-state index contributed by atoms with van der Waals surface area (Å²) in [6, 6.07) is 22.8. The van der Waals surface area contributed by atoms with E-state index >= 15 is 0 Å². The SMILES string of the molecule is CCCCCC[C@@H](C)Oc1ccc(-c2ccc(C(=O)Oc3ccc(OCCCCC)cc3)cc2)cc1. The lowest BCUT2D eigenvalue weighted by Gasteiger charge is -2.15. The Hall–Kier alpha value is -3.27. The predicted octanol–water partition coefficient (Wildman–Crippen LogP) is 8.88. The van der Waals surface area contributed by atoms with Gasteiger partial charge in [0.15, 0.2) is 0 Å². The highest BCUT2D eigenvalue weighted by Gasteiger charge is 2.10. The third-order valence-corrected chi connectivity index (χ3v) is 6.16. The molecule has 0 unspecified atom stereocenters.